The second kappa shape index (κ2) is 9.22. The molecular formula is C22H26N4O4S. The summed E-state index contributed by atoms with van der Waals surface area (Å²) < 4.78 is 32.0. The van der Waals surface area contributed by atoms with Crippen LogP contribution in [0.25, 0.3) is 5.69 Å². The summed E-state index contributed by atoms with van der Waals surface area (Å²) in [5.41, 5.74) is 2.49. The van der Waals surface area contributed by atoms with E-state index in [2.05, 4.69) is 10.3 Å². The number of amides is 1. The van der Waals surface area contributed by atoms with Crippen LogP contribution in [0.2, 0.25) is 0 Å². The first-order chi connectivity index (χ1) is 14.6. The highest BCUT2D eigenvalue weighted by atomic mass is 32.2. The van der Waals surface area contributed by atoms with Crippen LogP contribution in [0.4, 0.5) is 5.69 Å². The van der Waals surface area contributed by atoms with Crippen molar-refractivity contribution < 1.29 is 17.9 Å². The van der Waals surface area contributed by atoms with Crippen molar-refractivity contribution in [1.29, 1.82) is 0 Å². The third-order valence-electron chi connectivity index (χ3n) is 4.89. The molecule has 3 rings (SSSR count). The predicted octanol–water partition coefficient (Wildman–Crippen LogP) is 2.66. The van der Waals surface area contributed by atoms with Crippen LogP contribution in [0, 0.1) is 6.92 Å². The lowest BCUT2D eigenvalue weighted by Gasteiger charge is -2.18. The molecule has 0 saturated carbocycles. The van der Waals surface area contributed by atoms with Crippen LogP contribution in [0.3, 0.4) is 0 Å². The van der Waals surface area contributed by atoms with Gasteiger partial charge in [0.05, 0.1) is 11.9 Å². The number of aryl methyl sites for hydroxylation is 1. The minimum atomic E-state index is -3.33. The summed E-state index contributed by atoms with van der Waals surface area (Å²) in [4.78, 5) is 16.6. The number of imidazole rings is 1. The summed E-state index contributed by atoms with van der Waals surface area (Å²) in [6, 6.07) is 14.4. The number of carbonyl (C=O) groups is 1. The molecule has 0 spiro atoms. The standard InChI is InChI=1S/C22H26N4O4S/c1-16(30-21-11-9-19(10-12-21)25(3)31(4,28)29)22(27)24-15-18-5-7-20(8-6-18)26-14-13-23-17(26)2/h5-14,16H,15H2,1-4H3,(H,24,27). The number of carbonyl (C=O) groups excluding carboxylic acids is 1. The summed E-state index contributed by atoms with van der Waals surface area (Å²) in [7, 11) is -1.86. The molecule has 0 fully saturated rings. The van der Waals surface area contributed by atoms with Gasteiger partial charge in [-0.2, -0.15) is 0 Å². The van der Waals surface area contributed by atoms with Crippen molar-refractivity contribution >= 4 is 21.6 Å². The molecule has 0 bridgehead atoms. The van der Waals surface area contributed by atoms with Crippen molar-refractivity contribution in [3.05, 3.63) is 72.3 Å². The van der Waals surface area contributed by atoms with Gasteiger partial charge in [0.25, 0.3) is 5.91 Å². The minimum absolute atomic E-state index is 0.244. The van der Waals surface area contributed by atoms with E-state index in [-0.39, 0.29) is 5.91 Å². The molecule has 2 aromatic carbocycles. The van der Waals surface area contributed by atoms with Crippen molar-refractivity contribution in [3.8, 4) is 11.4 Å². The van der Waals surface area contributed by atoms with Gasteiger partial charge >= 0.3 is 0 Å². The first kappa shape index (κ1) is 22.4. The smallest absolute Gasteiger partial charge is 0.261 e. The molecule has 0 radical (unpaired) electrons. The summed E-state index contributed by atoms with van der Waals surface area (Å²) in [6.07, 6.45) is 4.08. The second-order valence-corrected chi connectivity index (χ2v) is 9.23. The highest BCUT2D eigenvalue weighted by Crippen LogP contribution is 2.21. The van der Waals surface area contributed by atoms with E-state index in [1.807, 2.05) is 42.0 Å². The van der Waals surface area contributed by atoms with Gasteiger partial charge in [0.15, 0.2) is 6.10 Å². The van der Waals surface area contributed by atoms with Crippen molar-refractivity contribution in [2.24, 2.45) is 0 Å². The van der Waals surface area contributed by atoms with Gasteiger partial charge in [-0.1, -0.05) is 12.1 Å². The van der Waals surface area contributed by atoms with Crippen molar-refractivity contribution in [3.63, 3.8) is 0 Å². The van der Waals surface area contributed by atoms with Crippen molar-refractivity contribution in [2.45, 2.75) is 26.5 Å². The summed E-state index contributed by atoms with van der Waals surface area (Å²) in [6.45, 7) is 3.98. The normalized spacial score (nSPS) is 12.3. The van der Waals surface area contributed by atoms with Gasteiger partial charge < -0.3 is 14.6 Å². The fourth-order valence-electron chi connectivity index (χ4n) is 2.94. The quantitative estimate of drug-likeness (QED) is 0.579. The maximum Gasteiger partial charge on any atom is 0.261 e. The van der Waals surface area contributed by atoms with Gasteiger partial charge in [-0.3, -0.25) is 9.10 Å². The maximum atomic E-state index is 12.4. The third-order valence-corrected chi connectivity index (χ3v) is 6.09. The molecule has 1 unspecified atom stereocenters. The Morgan fingerprint density at radius 3 is 2.35 bits per heavy atom. The first-order valence-corrected chi connectivity index (χ1v) is 11.6. The minimum Gasteiger partial charge on any atom is -0.481 e. The molecule has 3 aromatic rings. The highest BCUT2D eigenvalue weighted by Gasteiger charge is 2.16. The van der Waals surface area contributed by atoms with Gasteiger partial charge in [0.1, 0.15) is 11.6 Å². The zero-order chi connectivity index (χ0) is 22.6. The fourth-order valence-corrected chi connectivity index (χ4v) is 3.45. The largest absolute Gasteiger partial charge is 0.481 e. The van der Waals surface area contributed by atoms with E-state index in [0.717, 1.165) is 23.3 Å². The van der Waals surface area contributed by atoms with Gasteiger partial charge in [-0.25, -0.2) is 13.4 Å². The van der Waals surface area contributed by atoms with E-state index in [1.165, 1.54) is 11.4 Å². The molecule has 164 valence electrons. The first-order valence-electron chi connectivity index (χ1n) is 9.73. The van der Waals surface area contributed by atoms with Crippen LogP contribution >= 0.6 is 0 Å². The summed E-state index contributed by atoms with van der Waals surface area (Å²) in [5.74, 6) is 1.14. The van der Waals surface area contributed by atoms with Crippen LogP contribution < -0.4 is 14.4 Å². The fraction of sp³-hybridized carbons (Fsp3) is 0.273. The van der Waals surface area contributed by atoms with E-state index in [0.29, 0.717) is 18.0 Å². The number of nitrogens with zero attached hydrogens (tertiary/aromatic N) is 3. The maximum absolute atomic E-state index is 12.4. The summed E-state index contributed by atoms with van der Waals surface area (Å²) in [5, 5.41) is 2.86. The number of anilines is 1. The molecule has 1 amide bonds. The van der Waals surface area contributed by atoms with E-state index in [9.17, 15) is 13.2 Å². The Labute approximate surface area is 182 Å². The van der Waals surface area contributed by atoms with Crippen molar-refractivity contribution in [2.75, 3.05) is 17.6 Å². The average Bonchev–Trinajstić information content (AvgIpc) is 3.17. The lowest BCUT2D eigenvalue weighted by molar-refractivity contribution is -0.127. The molecule has 8 nitrogen and oxygen atoms in total. The highest BCUT2D eigenvalue weighted by molar-refractivity contribution is 7.92. The molecule has 0 aliphatic carbocycles. The van der Waals surface area contributed by atoms with E-state index in [4.69, 9.17) is 4.74 Å². The number of hydrogen-bond acceptors (Lipinski definition) is 5. The number of sulfonamides is 1. The Kier molecular flexibility index (Phi) is 6.65. The molecule has 9 heteroatoms. The van der Waals surface area contributed by atoms with E-state index >= 15 is 0 Å². The summed E-state index contributed by atoms with van der Waals surface area (Å²) >= 11 is 0. The lowest BCUT2D eigenvalue weighted by atomic mass is 10.2. The SMILES string of the molecule is Cc1nccn1-c1ccc(CNC(=O)C(C)Oc2ccc(N(C)S(C)(=O)=O)cc2)cc1. The monoisotopic (exact) mass is 442 g/mol. The van der Waals surface area contributed by atoms with Gasteiger partial charge in [-0.05, 0) is 55.8 Å². The second-order valence-electron chi connectivity index (χ2n) is 7.21. The Morgan fingerprint density at radius 1 is 1.16 bits per heavy atom. The van der Waals surface area contributed by atoms with Gasteiger partial charge in [0.2, 0.25) is 10.0 Å². The number of benzene rings is 2. The number of rotatable bonds is 8. The average molecular weight is 443 g/mol. The van der Waals surface area contributed by atoms with Crippen LogP contribution in [-0.2, 0) is 21.4 Å². The number of nitrogens with one attached hydrogen (secondary N) is 1. The Morgan fingerprint density at radius 2 is 1.81 bits per heavy atom. The van der Waals surface area contributed by atoms with Crippen LogP contribution in [0.1, 0.15) is 18.3 Å². The van der Waals surface area contributed by atoms with Gasteiger partial charge in [0, 0.05) is 31.7 Å². The molecular weight excluding hydrogens is 416 g/mol. The van der Waals surface area contributed by atoms with Gasteiger partial charge in [-0.15, -0.1) is 0 Å². The third kappa shape index (κ3) is 5.64. The Balaban J connectivity index is 1.53. The molecule has 1 atom stereocenters. The zero-order valence-corrected chi connectivity index (χ0v) is 18.8. The molecule has 1 aromatic heterocycles. The number of aromatic nitrogens is 2. The Hall–Kier alpha value is -3.33. The molecule has 31 heavy (non-hydrogen) atoms. The van der Waals surface area contributed by atoms with Crippen LogP contribution in [0.5, 0.6) is 5.75 Å². The topological polar surface area (TPSA) is 93.5 Å². The molecule has 0 aliphatic rings. The molecule has 0 saturated heterocycles. The van der Waals surface area contributed by atoms with Crippen LogP contribution in [0.15, 0.2) is 60.9 Å². The predicted molar refractivity (Wildman–Crippen MR) is 120 cm³/mol. The Bertz CT molecular complexity index is 1140. The lowest BCUT2D eigenvalue weighted by Crippen LogP contribution is -2.35. The van der Waals surface area contributed by atoms with E-state index in [1.54, 1.807) is 37.4 Å². The van der Waals surface area contributed by atoms with Crippen molar-refractivity contribution in [1.82, 2.24) is 14.9 Å². The molecule has 0 aliphatic heterocycles. The number of ether oxygens (including phenoxy) is 1. The van der Waals surface area contributed by atoms with E-state index < -0.39 is 16.1 Å². The zero-order valence-electron chi connectivity index (χ0n) is 17.9. The molecule has 1 N–H and O–H groups in total. The molecule has 1 heterocycles. The number of hydrogen-bond donors (Lipinski definition) is 1. The van der Waals surface area contributed by atoms with Crippen LogP contribution in [-0.4, -0.2) is 43.3 Å².